The van der Waals surface area contributed by atoms with Gasteiger partial charge in [0.15, 0.2) is 12.4 Å². The van der Waals surface area contributed by atoms with E-state index in [2.05, 4.69) is 15.9 Å². The average Bonchev–Trinajstić information content (AvgIpc) is 2.49. The summed E-state index contributed by atoms with van der Waals surface area (Å²) in [6.45, 7) is 2.33. The molecule has 0 unspecified atom stereocenters. The minimum atomic E-state index is -0.358. The molecule has 108 valence electrons. The van der Waals surface area contributed by atoms with Crippen LogP contribution in [0.2, 0.25) is 0 Å². The first-order valence-electron chi connectivity index (χ1n) is 6.55. The highest BCUT2D eigenvalue weighted by atomic mass is 79.9. The van der Waals surface area contributed by atoms with Gasteiger partial charge in [-0.2, -0.15) is 4.57 Å². The number of esters is 1. The summed E-state index contributed by atoms with van der Waals surface area (Å²) in [5, 5.41) is 0. The van der Waals surface area contributed by atoms with Crippen molar-refractivity contribution in [2.45, 2.75) is 13.5 Å². The topological polar surface area (TPSA) is 47.2 Å². The largest absolute Gasteiger partial charge is 0.462 e. The zero-order valence-corrected chi connectivity index (χ0v) is 13.2. The van der Waals surface area contributed by atoms with Crippen molar-refractivity contribution in [1.29, 1.82) is 0 Å². The summed E-state index contributed by atoms with van der Waals surface area (Å²) in [7, 11) is 0. The Labute approximate surface area is 131 Å². The van der Waals surface area contributed by atoms with Gasteiger partial charge in [-0.15, -0.1) is 0 Å². The van der Waals surface area contributed by atoms with Crippen molar-refractivity contribution in [3.63, 3.8) is 0 Å². The van der Waals surface area contributed by atoms with E-state index in [1.54, 1.807) is 48.1 Å². The fraction of sp³-hybridized carbons (Fsp3) is 0.188. The first kappa shape index (κ1) is 15.4. The number of benzene rings is 1. The van der Waals surface area contributed by atoms with Gasteiger partial charge in [0.2, 0.25) is 12.3 Å². The van der Waals surface area contributed by atoms with Crippen LogP contribution in [-0.4, -0.2) is 18.4 Å². The summed E-state index contributed by atoms with van der Waals surface area (Å²) in [4.78, 5) is 23.6. The maximum Gasteiger partial charge on any atom is 0.338 e. The summed E-state index contributed by atoms with van der Waals surface area (Å²) < 4.78 is 7.57. The third-order valence-electron chi connectivity index (χ3n) is 2.89. The Bertz CT molecular complexity index is 636. The maximum atomic E-state index is 12.1. The molecule has 2 rings (SSSR count). The van der Waals surface area contributed by atoms with Crippen LogP contribution in [-0.2, 0) is 11.3 Å². The van der Waals surface area contributed by atoms with Crippen LogP contribution >= 0.6 is 15.9 Å². The number of pyridine rings is 1. The second-order valence-electron chi connectivity index (χ2n) is 4.41. The normalized spacial score (nSPS) is 10.2. The third kappa shape index (κ3) is 4.23. The van der Waals surface area contributed by atoms with Crippen LogP contribution in [0.1, 0.15) is 27.6 Å². The van der Waals surface area contributed by atoms with Crippen LogP contribution in [0.4, 0.5) is 0 Å². The number of hydrogen-bond acceptors (Lipinski definition) is 3. The van der Waals surface area contributed by atoms with Crippen LogP contribution in [0, 0.1) is 0 Å². The lowest BCUT2D eigenvalue weighted by molar-refractivity contribution is -0.683. The highest BCUT2D eigenvalue weighted by Crippen LogP contribution is 2.11. The Kier molecular flexibility index (Phi) is 5.22. The molecule has 2 aromatic rings. The van der Waals surface area contributed by atoms with E-state index in [-0.39, 0.29) is 18.3 Å². The Morgan fingerprint density at radius 2 is 1.67 bits per heavy atom. The number of aromatic nitrogens is 1. The lowest BCUT2D eigenvalue weighted by Gasteiger charge is -2.01. The van der Waals surface area contributed by atoms with Crippen LogP contribution in [0.5, 0.6) is 0 Å². The number of nitrogens with zero attached hydrogens (tertiary/aromatic N) is 1. The van der Waals surface area contributed by atoms with Crippen LogP contribution in [0.15, 0.2) is 53.3 Å². The molecule has 0 atom stereocenters. The van der Waals surface area contributed by atoms with Crippen LogP contribution in [0.25, 0.3) is 0 Å². The number of ketones is 1. The molecule has 21 heavy (non-hydrogen) atoms. The molecular weight excluding hydrogens is 334 g/mol. The Balaban J connectivity index is 2.04. The van der Waals surface area contributed by atoms with Gasteiger partial charge in [-0.25, -0.2) is 4.79 Å². The van der Waals surface area contributed by atoms with Crippen molar-refractivity contribution in [3.8, 4) is 0 Å². The van der Waals surface area contributed by atoms with Gasteiger partial charge in [0.05, 0.1) is 12.2 Å². The van der Waals surface area contributed by atoms with E-state index in [0.717, 1.165) is 4.47 Å². The fourth-order valence-corrected chi connectivity index (χ4v) is 2.07. The van der Waals surface area contributed by atoms with Gasteiger partial charge < -0.3 is 4.74 Å². The zero-order valence-electron chi connectivity index (χ0n) is 11.6. The molecule has 1 heterocycles. The molecule has 5 heteroatoms. The van der Waals surface area contributed by atoms with Crippen molar-refractivity contribution in [2.24, 2.45) is 0 Å². The van der Waals surface area contributed by atoms with E-state index >= 15 is 0 Å². The number of carbonyl (C=O) groups is 2. The van der Waals surface area contributed by atoms with E-state index in [1.807, 2.05) is 12.1 Å². The molecule has 0 aliphatic rings. The van der Waals surface area contributed by atoms with Crippen molar-refractivity contribution >= 4 is 27.7 Å². The summed E-state index contributed by atoms with van der Waals surface area (Å²) >= 11 is 3.34. The minimum Gasteiger partial charge on any atom is -0.462 e. The van der Waals surface area contributed by atoms with Gasteiger partial charge in [-0.3, -0.25) is 4.79 Å². The molecule has 0 aliphatic carbocycles. The molecule has 0 aliphatic heterocycles. The summed E-state index contributed by atoms with van der Waals surface area (Å²) in [5.74, 6) is -0.347. The second-order valence-corrected chi connectivity index (χ2v) is 5.33. The molecule has 0 spiro atoms. The molecule has 0 saturated carbocycles. The van der Waals surface area contributed by atoms with Crippen molar-refractivity contribution in [2.75, 3.05) is 6.61 Å². The standard InChI is InChI=1S/C16H15BrNO3/c1-2-21-16(20)13-7-9-18(10-8-13)11-15(19)12-3-5-14(17)6-4-12/h3-10H,2,11H2,1H3/q+1. The number of halogens is 1. The third-order valence-corrected chi connectivity index (χ3v) is 3.42. The quantitative estimate of drug-likeness (QED) is 0.474. The molecule has 4 nitrogen and oxygen atoms in total. The first-order chi connectivity index (χ1) is 10.1. The number of Topliss-reactive ketones (excluding diaryl/α,β-unsaturated/α-hetero) is 1. The van der Waals surface area contributed by atoms with E-state index in [4.69, 9.17) is 4.74 Å². The van der Waals surface area contributed by atoms with E-state index in [1.165, 1.54) is 0 Å². The molecular formula is C16H15BrNO3+. The summed E-state index contributed by atoms with van der Waals surface area (Å²) in [5.41, 5.74) is 1.13. The number of ether oxygens (including phenoxy) is 1. The molecule has 0 N–H and O–H groups in total. The maximum absolute atomic E-state index is 12.1. The minimum absolute atomic E-state index is 0.0105. The van der Waals surface area contributed by atoms with E-state index in [0.29, 0.717) is 17.7 Å². The highest BCUT2D eigenvalue weighted by Gasteiger charge is 2.13. The molecule has 1 aromatic heterocycles. The van der Waals surface area contributed by atoms with Gasteiger partial charge in [0.25, 0.3) is 0 Å². The monoisotopic (exact) mass is 348 g/mol. The average molecular weight is 349 g/mol. The van der Waals surface area contributed by atoms with Crippen molar-refractivity contribution in [3.05, 3.63) is 64.4 Å². The molecule has 1 aromatic carbocycles. The smallest absolute Gasteiger partial charge is 0.338 e. The first-order valence-corrected chi connectivity index (χ1v) is 7.34. The lowest BCUT2D eigenvalue weighted by Crippen LogP contribution is -2.37. The molecule has 0 saturated heterocycles. The molecule has 0 amide bonds. The fourth-order valence-electron chi connectivity index (χ4n) is 1.81. The van der Waals surface area contributed by atoms with Gasteiger partial charge in [-0.05, 0) is 19.1 Å². The summed E-state index contributed by atoms with van der Waals surface area (Å²) in [6.07, 6.45) is 3.39. The second kappa shape index (κ2) is 7.13. The number of rotatable bonds is 5. The van der Waals surface area contributed by atoms with E-state index < -0.39 is 0 Å². The SMILES string of the molecule is CCOC(=O)c1cc[n+](CC(=O)c2ccc(Br)cc2)cc1. The number of hydrogen-bond donors (Lipinski definition) is 0. The highest BCUT2D eigenvalue weighted by molar-refractivity contribution is 9.10. The molecule has 0 fully saturated rings. The number of carbonyl (C=O) groups excluding carboxylic acids is 2. The Morgan fingerprint density at radius 1 is 1.05 bits per heavy atom. The van der Waals surface area contributed by atoms with Crippen LogP contribution in [0.3, 0.4) is 0 Å². The predicted octanol–water partition coefficient (Wildman–Crippen LogP) is 2.80. The Hall–Kier alpha value is -2.01. The van der Waals surface area contributed by atoms with Gasteiger partial charge in [0, 0.05) is 22.2 Å². The van der Waals surface area contributed by atoms with E-state index in [9.17, 15) is 9.59 Å². The molecule has 0 bridgehead atoms. The lowest BCUT2D eigenvalue weighted by atomic mass is 10.1. The van der Waals surface area contributed by atoms with Gasteiger partial charge in [0.1, 0.15) is 0 Å². The molecule has 0 radical (unpaired) electrons. The predicted molar refractivity (Wildman–Crippen MR) is 81.1 cm³/mol. The Morgan fingerprint density at radius 3 is 2.24 bits per heavy atom. The van der Waals surface area contributed by atoms with Crippen molar-refractivity contribution < 1.29 is 18.9 Å². The van der Waals surface area contributed by atoms with Gasteiger partial charge >= 0.3 is 5.97 Å². The summed E-state index contributed by atoms with van der Waals surface area (Å²) in [6, 6.07) is 10.5. The van der Waals surface area contributed by atoms with Gasteiger partial charge in [-0.1, -0.05) is 28.1 Å². The zero-order chi connectivity index (χ0) is 15.2. The van der Waals surface area contributed by atoms with Crippen LogP contribution < -0.4 is 4.57 Å². The van der Waals surface area contributed by atoms with Crippen molar-refractivity contribution in [1.82, 2.24) is 0 Å².